The maximum atomic E-state index is 12.9. The Labute approximate surface area is 134 Å². The van der Waals surface area contributed by atoms with Crippen LogP contribution in [0.2, 0.25) is 0 Å². The Balaban J connectivity index is 1.53. The third-order valence-electron chi connectivity index (χ3n) is 5.55. The van der Waals surface area contributed by atoms with Gasteiger partial charge in [-0.15, -0.1) is 0 Å². The molecule has 4 heteroatoms. The van der Waals surface area contributed by atoms with Crippen molar-refractivity contribution in [2.24, 2.45) is 11.3 Å². The van der Waals surface area contributed by atoms with Gasteiger partial charge in [0.2, 0.25) is 0 Å². The van der Waals surface area contributed by atoms with Gasteiger partial charge in [0.05, 0.1) is 5.92 Å². The fourth-order valence-corrected chi connectivity index (χ4v) is 3.99. The summed E-state index contributed by atoms with van der Waals surface area (Å²) in [5, 5.41) is 11.2. The van der Waals surface area contributed by atoms with E-state index >= 15 is 0 Å². The van der Waals surface area contributed by atoms with E-state index in [1.807, 2.05) is 47.4 Å². The number of amides is 1. The quantitative estimate of drug-likeness (QED) is 0.927. The lowest BCUT2D eigenvalue weighted by Crippen LogP contribution is -2.40. The number of nitrogens with zero attached hydrogens (tertiary/aromatic N) is 1. The summed E-state index contributed by atoms with van der Waals surface area (Å²) in [7, 11) is 0. The molecule has 2 aliphatic rings. The number of hydrogen-bond donors (Lipinski definition) is 1. The molecule has 2 aromatic rings. The standard InChI is InChI=1S/C19H19NO3/c21-17(15-7-3-5-13-4-1-2-6-14(13)15)20-10-8-19(9-11-20)12-16(19)18(22)23/h1-7,16H,8-12H2,(H,22,23). The molecule has 1 unspecified atom stereocenters. The van der Waals surface area contributed by atoms with Crippen LogP contribution in [-0.2, 0) is 4.79 Å². The van der Waals surface area contributed by atoms with Crippen molar-refractivity contribution in [3.8, 4) is 0 Å². The van der Waals surface area contributed by atoms with Crippen LogP contribution in [0.3, 0.4) is 0 Å². The molecule has 1 saturated carbocycles. The van der Waals surface area contributed by atoms with Crippen LogP contribution >= 0.6 is 0 Å². The van der Waals surface area contributed by atoms with Crippen molar-refractivity contribution in [2.75, 3.05) is 13.1 Å². The maximum Gasteiger partial charge on any atom is 0.307 e. The lowest BCUT2D eigenvalue weighted by molar-refractivity contribution is -0.139. The summed E-state index contributed by atoms with van der Waals surface area (Å²) in [5.74, 6) is -0.819. The van der Waals surface area contributed by atoms with Crippen LogP contribution < -0.4 is 0 Å². The molecule has 4 rings (SSSR count). The van der Waals surface area contributed by atoms with E-state index in [0.29, 0.717) is 13.1 Å². The van der Waals surface area contributed by atoms with Crippen LogP contribution in [0.4, 0.5) is 0 Å². The third kappa shape index (κ3) is 2.29. The van der Waals surface area contributed by atoms with E-state index in [1.54, 1.807) is 0 Å². The average molecular weight is 309 g/mol. The molecule has 2 aromatic carbocycles. The molecular weight excluding hydrogens is 290 g/mol. The first-order valence-electron chi connectivity index (χ1n) is 8.11. The zero-order chi connectivity index (χ0) is 16.0. The van der Waals surface area contributed by atoms with Crippen LogP contribution in [0.25, 0.3) is 10.8 Å². The van der Waals surface area contributed by atoms with E-state index in [1.165, 1.54) is 0 Å². The second kappa shape index (κ2) is 5.08. The molecular formula is C19H19NO3. The number of benzene rings is 2. The Kier molecular flexibility index (Phi) is 3.15. The van der Waals surface area contributed by atoms with E-state index in [9.17, 15) is 9.59 Å². The Bertz CT molecular complexity index is 785. The number of fused-ring (bicyclic) bond motifs is 1. The molecule has 0 radical (unpaired) electrons. The largest absolute Gasteiger partial charge is 0.481 e. The highest BCUT2D eigenvalue weighted by atomic mass is 16.4. The Morgan fingerprint density at radius 2 is 1.74 bits per heavy atom. The minimum Gasteiger partial charge on any atom is -0.481 e. The summed E-state index contributed by atoms with van der Waals surface area (Å²) in [6.07, 6.45) is 2.39. The van der Waals surface area contributed by atoms with Gasteiger partial charge in [0, 0.05) is 18.7 Å². The second-order valence-electron chi connectivity index (χ2n) is 6.78. The van der Waals surface area contributed by atoms with Gasteiger partial charge in [-0.3, -0.25) is 9.59 Å². The first-order valence-corrected chi connectivity index (χ1v) is 8.11. The SMILES string of the molecule is O=C(O)C1CC12CCN(C(=O)c1cccc3ccccc13)CC2. The van der Waals surface area contributed by atoms with Crippen LogP contribution in [0.1, 0.15) is 29.6 Å². The van der Waals surface area contributed by atoms with Gasteiger partial charge in [-0.2, -0.15) is 0 Å². The smallest absolute Gasteiger partial charge is 0.307 e. The van der Waals surface area contributed by atoms with Gasteiger partial charge in [0.25, 0.3) is 5.91 Å². The second-order valence-corrected chi connectivity index (χ2v) is 6.78. The highest BCUT2D eigenvalue weighted by Gasteiger charge is 2.59. The summed E-state index contributed by atoms with van der Waals surface area (Å²) >= 11 is 0. The van der Waals surface area contributed by atoms with Gasteiger partial charge >= 0.3 is 5.97 Å². The number of carboxylic acids is 1. The number of carbonyl (C=O) groups is 2. The number of carboxylic acid groups (broad SMARTS) is 1. The molecule has 118 valence electrons. The monoisotopic (exact) mass is 309 g/mol. The molecule has 1 heterocycles. The van der Waals surface area contributed by atoms with Crippen molar-refractivity contribution in [2.45, 2.75) is 19.3 Å². The minimum atomic E-state index is -0.682. The molecule has 2 fully saturated rings. The highest BCUT2D eigenvalue weighted by molar-refractivity contribution is 6.07. The predicted molar refractivity (Wildman–Crippen MR) is 87.3 cm³/mol. The average Bonchev–Trinajstić information content (AvgIpc) is 3.28. The fourth-order valence-electron chi connectivity index (χ4n) is 3.99. The number of aliphatic carboxylic acids is 1. The van der Waals surface area contributed by atoms with Crippen molar-refractivity contribution in [1.29, 1.82) is 0 Å². The molecule has 1 N–H and O–H groups in total. The van der Waals surface area contributed by atoms with E-state index in [0.717, 1.165) is 35.6 Å². The van der Waals surface area contributed by atoms with Crippen molar-refractivity contribution in [1.82, 2.24) is 4.90 Å². The number of piperidine rings is 1. The van der Waals surface area contributed by atoms with Gasteiger partial charge in [-0.25, -0.2) is 0 Å². The summed E-state index contributed by atoms with van der Waals surface area (Å²) in [4.78, 5) is 25.9. The van der Waals surface area contributed by atoms with Crippen molar-refractivity contribution < 1.29 is 14.7 Å². The zero-order valence-corrected chi connectivity index (χ0v) is 12.9. The van der Waals surface area contributed by atoms with Gasteiger partial charge in [-0.1, -0.05) is 36.4 Å². The van der Waals surface area contributed by atoms with Gasteiger partial charge in [-0.05, 0) is 41.5 Å². The van der Waals surface area contributed by atoms with E-state index < -0.39 is 5.97 Å². The minimum absolute atomic E-state index is 0.0403. The van der Waals surface area contributed by atoms with Crippen molar-refractivity contribution in [3.05, 3.63) is 48.0 Å². The van der Waals surface area contributed by atoms with Crippen LogP contribution in [-0.4, -0.2) is 35.0 Å². The lowest BCUT2D eigenvalue weighted by atomic mass is 9.90. The van der Waals surface area contributed by atoms with E-state index in [-0.39, 0.29) is 17.2 Å². The normalized spacial score (nSPS) is 22.3. The summed E-state index contributed by atoms with van der Waals surface area (Å²) in [6, 6.07) is 13.7. The summed E-state index contributed by atoms with van der Waals surface area (Å²) in [6.45, 7) is 1.32. The van der Waals surface area contributed by atoms with Gasteiger partial charge in [0.1, 0.15) is 0 Å². The molecule has 1 atom stereocenters. The van der Waals surface area contributed by atoms with Gasteiger partial charge in [0.15, 0.2) is 0 Å². The molecule has 1 spiro atoms. The molecule has 1 amide bonds. The molecule has 1 saturated heterocycles. The van der Waals surface area contributed by atoms with E-state index in [4.69, 9.17) is 5.11 Å². The number of likely N-dealkylation sites (tertiary alicyclic amines) is 1. The molecule has 4 nitrogen and oxygen atoms in total. The lowest BCUT2D eigenvalue weighted by Gasteiger charge is -2.33. The highest BCUT2D eigenvalue weighted by Crippen LogP contribution is 2.59. The summed E-state index contributed by atoms with van der Waals surface area (Å²) in [5.41, 5.74) is 0.700. The molecule has 0 bridgehead atoms. The first kappa shape index (κ1) is 14.2. The predicted octanol–water partition coefficient (Wildman–Crippen LogP) is 3.17. The first-order chi connectivity index (χ1) is 11.1. The zero-order valence-electron chi connectivity index (χ0n) is 12.9. The number of hydrogen-bond acceptors (Lipinski definition) is 2. The molecule has 1 aliphatic heterocycles. The van der Waals surface area contributed by atoms with Crippen LogP contribution in [0, 0.1) is 11.3 Å². The number of rotatable bonds is 2. The molecule has 23 heavy (non-hydrogen) atoms. The third-order valence-corrected chi connectivity index (χ3v) is 5.55. The summed E-state index contributed by atoms with van der Waals surface area (Å²) < 4.78 is 0. The van der Waals surface area contributed by atoms with Crippen molar-refractivity contribution in [3.63, 3.8) is 0 Å². The molecule has 1 aliphatic carbocycles. The Hall–Kier alpha value is -2.36. The number of carbonyl (C=O) groups excluding carboxylic acids is 1. The fraction of sp³-hybridized carbons (Fsp3) is 0.368. The van der Waals surface area contributed by atoms with Gasteiger partial charge < -0.3 is 10.0 Å². The van der Waals surface area contributed by atoms with Crippen LogP contribution in [0.5, 0.6) is 0 Å². The van der Waals surface area contributed by atoms with Crippen molar-refractivity contribution >= 4 is 22.6 Å². The molecule has 0 aromatic heterocycles. The Morgan fingerprint density at radius 3 is 2.43 bits per heavy atom. The van der Waals surface area contributed by atoms with E-state index in [2.05, 4.69) is 0 Å². The topological polar surface area (TPSA) is 57.6 Å². The maximum absolute atomic E-state index is 12.9. The van der Waals surface area contributed by atoms with Crippen LogP contribution in [0.15, 0.2) is 42.5 Å². The Morgan fingerprint density at radius 1 is 1.04 bits per heavy atom.